The molecule has 3 N–H and O–H groups in total. The normalized spacial score (nSPS) is 12.8. The van der Waals surface area contributed by atoms with E-state index < -0.39 is 17.7 Å². The monoisotopic (exact) mass is 284 g/mol. The first-order valence-corrected chi connectivity index (χ1v) is 6.34. The molecular formula is C14H21FN2O3. The van der Waals surface area contributed by atoms with Gasteiger partial charge in [-0.1, -0.05) is 12.1 Å². The van der Waals surface area contributed by atoms with E-state index >= 15 is 0 Å². The standard InChI is InChI=1S/C14H21FN2O3/c1-14(2,20-3)9-17-13(19)16-8-12(18)10-4-6-11(15)7-5-10/h4-7,12,18H,8-9H2,1-3H3,(H2,16,17,19). The molecular weight excluding hydrogens is 263 g/mol. The molecule has 0 saturated carbocycles. The van der Waals surface area contributed by atoms with Gasteiger partial charge >= 0.3 is 6.03 Å². The van der Waals surface area contributed by atoms with Crippen LogP contribution >= 0.6 is 0 Å². The number of urea groups is 1. The Morgan fingerprint density at radius 3 is 2.50 bits per heavy atom. The largest absolute Gasteiger partial charge is 0.387 e. The minimum Gasteiger partial charge on any atom is -0.387 e. The van der Waals surface area contributed by atoms with Gasteiger partial charge < -0.3 is 20.5 Å². The highest BCUT2D eigenvalue weighted by molar-refractivity contribution is 5.73. The fourth-order valence-corrected chi connectivity index (χ4v) is 1.42. The molecule has 0 fully saturated rings. The molecule has 1 atom stereocenters. The summed E-state index contributed by atoms with van der Waals surface area (Å²) < 4.78 is 17.9. The van der Waals surface area contributed by atoms with Crippen molar-refractivity contribution in [3.63, 3.8) is 0 Å². The second-order valence-electron chi connectivity index (χ2n) is 5.09. The molecule has 0 bridgehead atoms. The van der Waals surface area contributed by atoms with E-state index in [1.54, 1.807) is 7.11 Å². The summed E-state index contributed by atoms with van der Waals surface area (Å²) in [7, 11) is 1.57. The van der Waals surface area contributed by atoms with Crippen molar-refractivity contribution in [2.24, 2.45) is 0 Å². The highest BCUT2D eigenvalue weighted by Gasteiger charge is 2.17. The first kappa shape index (κ1) is 16.4. The fraction of sp³-hybridized carbons (Fsp3) is 0.500. The predicted molar refractivity (Wildman–Crippen MR) is 73.8 cm³/mol. The topological polar surface area (TPSA) is 70.6 Å². The van der Waals surface area contributed by atoms with Crippen molar-refractivity contribution in [1.82, 2.24) is 10.6 Å². The average molecular weight is 284 g/mol. The number of rotatable bonds is 6. The van der Waals surface area contributed by atoms with Crippen molar-refractivity contribution in [2.45, 2.75) is 25.6 Å². The molecule has 1 aromatic carbocycles. The maximum absolute atomic E-state index is 12.7. The van der Waals surface area contributed by atoms with E-state index in [1.165, 1.54) is 24.3 Å². The van der Waals surface area contributed by atoms with Crippen LogP contribution in [-0.4, -0.2) is 36.9 Å². The molecule has 5 nitrogen and oxygen atoms in total. The lowest BCUT2D eigenvalue weighted by Crippen LogP contribution is -2.45. The van der Waals surface area contributed by atoms with Crippen molar-refractivity contribution >= 4 is 6.03 Å². The molecule has 2 amide bonds. The summed E-state index contributed by atoms with van der Waals surface area (Å²) in [6, 6.07) is 5.09. The number of hydrogen-bond donors (Lipinski definition) is 3. The Morgan fingerprint density at radius 2 is 1.95 bits per heavy atom. The SMILES string of the molecule is COC(C)(C)CNC(=O)NCC(O)c1ccc(F)cc1. The molecule has 0 aliphatic carbocycles. The van der Waals surface area contributed by atoms with Gasteiger partial charge in [-0.05, 0) is 31.5 Å². The molecule has 0 aliphatic heterocycles. The number of hydrogen-bond acceptors (Lipinski definition) is 3. The molecule has 0 aromatic heterocycles. The lowest BCUT2D eigenvalue weighted by Gasteiger charge is -2.23. The van der Waals surface area contributed by atoms with Crippen LogP contribution in [0.4, 0.5) is 9.18 Å². The van der Waals surface area contributed by atoms with Crippen molar-refractivity contribution < 1.29 is 19.0 Å². The fourth-order valence-electron chi connectivity index (χ4n) is 1.42. The maximum atomic E-state index is 12.7. The molecule has 1 aromatic rings. The van der Waals surface area contributed by atoms with Gasteiger partial charge in [-0.25, -0.2) is 9.18 Å². The summed E-state index contributed by atoms with van der Waals surface area (Å²) in [6.07, 6.45) is -0.878. The van der Waals surface area contributed by atoms with Gasteiger partial charge in [-0.15, -0.1) is 0 Å². The molecule has 0 aliphatic rings. The van der Waals surface area contributed by atoms with Gasteiger partial charge in [0.15, 0.2) is 0 Å². The first-order chi connectivity index (χ1) is 9.34. The minimum atomic E-state index is -0.878. The average Bonchev–Trinajstić information content (AvgIpc) is 2.43. The molecule has 112 valence electrons. The number of amides is 2. The van der Waals surface area contributed by atoms with Crippen LogP contribution in [-0.2, 0) is 4.74 Å². The number of aliphatic hydroxyl groups excluding tert-OH is 1. The number of aliphatic hydroxyl groups is 1. The van der Waals surface area contributed by atoms with Gasteiger partial charge in [0.25, 0.3) is 0 Å². The van der Waals surface area contributed by atoms with Crippen molar-refractivity contribution in [2.75, 3.05) is 20.2 Å². The Labute approximate surface area is 118 Å². The number of halogens is 1. The Morgan fingerprint density at radius 1 is 1.35 bits per heavy atom. The summed E-state index contributed by atoms with van der Waals surface area (Å²) in [5.74, 6) is -0.367. The highest BCUT2D eigenvalue weighted by atomic mass is 19.1. The molecule has 6 heteroatoms. The lowest BCUT2D eigenvalue weighted by atomic mass is 10.1. The van der Waals surface area contributed by atoms with Crippen LogP contribution in [0.25, 0.3) is 0 Å². The summed E-state index contributed by atoms with van der Waals surface area (Å²) in [4.78, 5) is 11.5. The zero-order valence-electron chi connectivity index (χ0n) is 11.9. The van der Waals surface area contributed by atoms with Crippen LogP contribution in [0.15, 0.2) is 24.3 Å². The third-order valence-corrected chi connectivity index (χ3v) is 2.94. The second kappa shape index (κ2) is 7.21. The summed E-state index contributed by atoms with van der Waals surface area (Å²) >= 11 is 0. The van der Waals surface area contributed by atoms with E-state index in [0.717, 1.165) is 0 Å². The Kier molecular flexibility index (Phi) is 5.91. The van der Waals surface area contributed by atoms with Crippen LogP contribution in [0.5, 0.6) is 0 Å². The van der Waals surface area contributed by atoms with E-state index in [0.29, 0.717) is 12.1 Å². The minimum absolute atomic E-state index is 0.0465. The van der Waals surface area contributed by atoms with E-state index in [9.17, 15) is 14.3 Å². The van der Waals surface area contributed by atoms with Gasteiger partial charge in [-0.3, -0.25) is 0 Å². The van der Waals surface area contributed by atoms with E-state index in [2.05, 4.69) is 10.6 Å². The summed E-state index contributed by atoms with van der Waals surface area (Å²) in [5, 5.41) is 15.0. The smallest absolute Gasteiger partial charge is 0.314 e. The Balaban J connectivity index is 2.35. The number of ether oxygens (including phenoxy) is 1. The van der Waals surface area contributed by atoms with Crippen LogP contribution in [0.3, 0.4) is 0 Å². The van der Waals surface area contributed by atoms with Crippen LogP contribution in [0, 0.1) is 5.82 Å². The quantitative estimate of drug-likeness (QED) is 0.743. The molecule has 0 radical (unpaired) electrons. The second-order valence-corrected chi connectivity index (χ2v) is 5.09. The van der Waals surface area contributed by atoms with Crippen LogP contribution in [0.1, 0.15) is 25.5 Å². The molecule has 20 heavy (non-hydrogen) atoms. The third kappa shape index (κ3) is 5.54. The van der Waals surface area contributed by atoms with Crippen molar-refractivity contribution in [1.29, 1.82) is 0 Å². The number of methoxy groups -OCH3 is 1. The van der Waals surface area contributed by atoms with Gasteiger partial charge in [0.1, 0.15) is 5.82 Å². The van der Waals surface area contributed by atoms with E-state index in [-0.39, 0.29) is 12.4 Å². The molecule has 0 saturated heterocycles. The van der Waals surface area contributed by atoms with Gasteiger partial charge in [0.2, 0.25) is 0 Å². The molecule has 1 unspecified atom stereocenters. The van der Waals surface area contributed by atoms with Crippen LogP contribution in [0.2, 0.25) is 0 Å². The molecule has 0 spiro atoms. The molecule has 1 rings (SSSR count). The maximum Gasteiger partial charge on any atom is 0.314 e. The van der Waals surface area contributed by atoms with Gasteiger partial charge in [0, 0.05) is 20.2 Å². The van der Waals surface area contributed by atoms with Crippen molar-refractivity contribution in [3.8, 4) is 0 Å². The van der Waals surface area contributed by atoms with E-state index in [1.807, 2.05) is 13.8 Å². The Bertz CT molecular complexity index is 435. The van der Waals surface area contributed by atoms with E-state index in [4.69, 9.17) is 4.74 Å². The molecule has 0 heterocycles. The van der Waals surface area contributed by atoms with Gasteiger partial charge in [0.05, 0.1) is 11.7 Å². The summed E-state index contributed by atoms with van der Waals surface area (Å²) in [5.41, 5.74) is 0.0938. The number of benzene rings is 1. The van der Waals surface area contributed by atoms with Crippen LogP contribution < -0.4 is 10.6 Å². The summed E-state index contributed by atoms with van der Waals surface area (Å²) in [6.45, 7) is 4.09. The number of carbonyl (C=O) groups excluding carboxylic acids is 1. The predicted octanol–water partition coefficient (Wildman–Crippen LogP) is 1.58. The van der Waals surface area contributed by atoms with Gasteiger partial charge in [-0.2, -0.15) is 0 Å². The zero-order chi connectivity index (χ0) is 15.2. The van der Waals surface area contributed by atoms with Crippen molar-refractivity contribution in [3.05, 3.63) is 35.6 Å². The zero-order valence-corrected chi connectivity index (χ0v) is 11.9. The number of carbonyl (C=O) groups is 1. The number of nitrogens with one attached hydrogen (secondary N) is 2. The highest BCUT2D eigenvalue weighted by Crippen LogP contribution is 2.12. The third-order valence-electron chi connectivity index (χ3n) is 2.94. The first-order valence-electron chi connectivity index (χ1n) is 6.34. The lowest BCUT2D eigenvalue weighted by molar-refractivity contribution is 0.0253. The Hall–Kier alpha value is -1.66.